The molecule has 1 atom stereocenters. The van der Waals surface area contributed by atoms with Gasteiger partial charge in [0.15, 0.2) is 5.96 Å². The summed E-state index contributed by atoms with van der Waals surface area (Å²) in [6.07, 6.45) is 3.74. The number of nitriles is 1. The molecule has 4 N–H and O–H groups in total. The Morgan fingerprint density at radius 2 is 2.17 bits per heavy atom. The Kier molecular flexibility index (Phi) is 9.32. The number of anilines is 1. The van der Waals surface area contributed by atoms with Gasteiger partial charge in [-0.05, 0) is 49.9 Å². The molecule has 3 rings (SSSR count). The van der Waals surface area contributed by atoms with Gasteiger partial charge in [0.1, 0.15) is 23.3 Å². The molecule has 1 fully saturated rings. The molecule has 0 radical (unpaired) electrons. The normalized spacial score (nSPS) is 16.0. The van der Waals surface area contributed by atoms with Crippen molar-refractivity contribution in [1.82, 2.24) is 20.4 Å². The summed E-state index contributed by atoms with van der Waals surface area (Å²) in [6.45, 7) is 2.23. The summed E-state index contributed by atoms with van der Waals surface area (Å²) in [7, 11) is 1.73. The molecule has 2 heterocycles. The highest BCUT2D eigenvalue weighted by molar-refractivity contribution is 14.0. The van der Waals surface area contributed by atoms with Gasteiger partial charge in [0.05, 0.1) is 17.5 Å². The van der Waals surface area contributed by atoms with Crippen LogP contribution < -0.4 is 16.4 Å². The van der Waals surface area contributed by atoms with E-state index in [-0.39, 0.29) is 41.7 Å². The number of aromatic nitrogens is 2. The average molecular weight is 527 g/mol. The van der Waals surface area contributed by atoms with Gasteiger partial charge in [-0.1, -0.05) is 0 Å². The molecule has 0 amide bonds. The quantitative estimate of drug-likeness (QED) is 0.221. The third kappa shape index (κ3) is 6.06. The first kappa shape index (κ1) is 23.9. The maximum absolute atomic E-state index is 13.2. The van der Waals surface area contributed by atoms with Gasteiger partial charge >= 0.3 is 0 Å². The van der Waals surface area contributed by atoms with Crippen LogP contribution in [-0.2, 0) is 11.2 Å². The zero-order valence-corrected chi connectivity index (χ0v) is 19.2. The van der Waals surface area contributed by atoms with Crippen molar-refractivity contribution < 1.29 is 9.13 Å². The van der Waals surface area contributed by atoms with Gasteiger partial charge in [-0.2, -0.15) is 10.4 Å². The van der Waals surface area contributed by atoms with Gasteiger partial charge in [-0.15, -0.1) is 24.0 Å². The number of nitrogens with zero attached hydrogens (tertiary/aromatic N) is 4. The SMILES string of the molecule is CN=C(NCCCc1nn(-c2ccc(F)cc2)c(N)c1C#N)NCC1CCCO1.I. The van der Waals surface area contributed by atoms with Crippen LogP contribution in [0.15, 0.2) is 29.3 Å². The smallest absolute Gasteiger partial charge is 0.191 e. The second-order valence-electron chi connectivity index (χ2n) is 6.83. The first-order valence-corrected chi connectivity index (χ1v) is 9.72. The van der Waals surface area contributed by atoms with Gasteiger partial charge in [0.25, 0.3) is 0 Å². The number of nitrogens with one attached hydrogen (secondary N) is 2. The van der Waals surface area contributed by atoms with Crippen LogP contribution in [0.4, 0.5) is 10.2 Å². The Bertz CT molecular complexity index is 886. The molecule has 0 spiro atoms. The molecule has 10 heteroatoms. The first-order chi connectivity index (χ1) is 14.1. The Balaban J connectivity index is 0.00000320. The van der Waals surface area contributed by atoms with Gasteiger partial charge in [-0.25, -0.2) is 9.07 Å². The highest BCUT2D eigenvalue weighted by Crippen LogP contribution is 2.21. The third-order valence-electron chi connectivity index (χ3n) is 4.80. The number of guanidine groups is 1. The number of halogens is 2. The van der Waals surface area contributed by atoms with E-state index in [9.17, 15) is 9.65 Å². The Hall–Kier alpha value is -2.39. The van der Waals surface area contributed by atoms with Crippen molar-refractivity contribution >= 4 is 35.8 Å². The maximum Gasteiger partial charge on any atom is 0.191 e. The van der Waals surface area contributed by atoms with E-state index in [1.807, 2.05) is 0 Å². The van der Waals surface area contributed by atoms with Crippen molar-refractivity contribution in [3.8, 4) is 11.8 Å². The van der Waals surface area contributed by atoms with E-state index in [1.165, 1.54) is 16.8 Å². The number of hydrogen-bond donors (Lipinski definition) is 3. The topological polar surface area (TPSA) is 113 Å². The molecule has 1 aromatic carbocycles. The minimum Gasteiger partial charge on any atom is -0.382 e. The Morgan fingerprint density at radius 3 is 2.80 bits per heavy atom. The average Bonchev–Trinajstić information content (AvgIpc) is 3.36. The molecule has 1 aliphatic rings. The highest BCUT2D eigenvalue weighted by Gasteiger charge is 2.17. The summed E-state index contributed by atoms with van der Waals surface area (Å²) in [5.74, 6) is 0.640. The summed E-state index contributed by atoms with van der Waals surface area (Å²) in [4.78, 5) is 4.21. The van der Waals surface area contributed by atoms with Crippen molar-refractivity contribution in [2.45, 2.75) is 31.8 Å². The van der Waals surface area contributed by atoms with Gasteiger partial charge < -0.3 is 21.1 Å². The Morgan fingerprint density at radius 1 is 1.40 bits per heavy atom. The van der Waals surface area contributed by atoms with E-state index < -0.39 is 0 Å². The van der Waals surface area contributed by atoms with Crippen LogP contribution in [0.25, 0.3) is 5.69 Å². The minimum atomic E-state index is -0.340. The fraction of sp³-hybridized carbons (Fsp3) is 0.450. The van der Waals surface area contributed by atoms with Gasteiger partial charge in [0.2, 0.25) is 0 Å². The van der Waals surface area contributed by atoms with Crippen LogP contribution >= 0.6 is 24.0 Å². The number of nitrogens with two attached hydrogens (primary N) is 1. The number of aliphatic imine (C=N–C) groups is 1. The molecular formula is C20H27FIN7O. The number of ether oxygens (including phenoxy) is 1. The molecule has 162 valence electrons. The van der Waals surface area contributed by atoms with E-state index in [4.69, 9.17) is 10.5 Å². The largest absolute Gasteiger partial charge is 0.382 e. The van der Waals surface area contributed by atoms with Crippen LogP contribution in [0.5, 0.6) is 0 Å². The summed E-state index contributed by atoms with van der Waals surface area (Å²) in [5, 5.41) is 20.4. The minimum absolute atomic E-state index is 0. The first-order valence-electron chi connectivity index (χ1n) is 9.72. The summed E-state index contributed by atoms with van der Waals surface area (Å²) in [5.41, 5.74) is 7.68. The molecule has 8 nitrogen and oxygen atoms in total. The molecule has 30 heavy (non-hydrogen) atoms. The van der Waals surface area contributed by atoms with Crippen LogP contribution in [0.1, 0.15) is 30.5 Å². The lowest BCUT2D eigenvalue weighted by atomic mass is 10.1. The summed E-state index contributed by atoms with van der Waals surface area (Å²) >= 11 is 0. The molecule has 1 aromatic heterocycles. The van der Waals surface area contributed by atoms with E-state index in [1.54, 1.807) is 19.2 Å². The number of hydrogen-bond acceptors (Lipinski definition) is 5. The molecular weight excluding hydrogens is 500 g/mol. The van der Waals surface area contributed by atoms with E-state index >= 15 is 0 Å². The van der Waals surface area contributed by atoms with Crippen LogP contribution in [0, 0.1) is 17.1 Å². The molecule has 0 aliphatic carbocycles. The van der Waals surface area contributed by atoms with Crippen molar-refractivity contribution in [3.63, 3.8) is 0 Å². The Labute approximate surface area is 192 Å². The maximum atomic E-state index is 13.2. The number of nitrogen functional groups attached to an aromatic ring is 1. The molecule has 1 unspecified atom stereocenters. The van der Waals surface area contributed by atoms with Crippen LogP contribution in [-0.4, -0.2) is 48.6 Å². The molecule has 0 saturated carbocycles. The zero-order valence-electron chi connectivity index (χ0n) is 16.9. The highest BCUT2D eigenvalue weighted by atomic mass is 127. The lowest BCUT2D eigenvalue weighted by Crippen LogP contribution is -2.41. The van der Waals surface area contributed by atoms with Crippen molar-refractivity contribution in [2.75, 3.05) is 32.5 Å². The van der Waals surface area contributed by atoms with E-state index in [0.717, 1.165) is 38.4 Å². The number of rotatable bonds is 7. The zero-order chi connectivity index (χ0) is 20.6. The standard InChI is InChI=1S/C20H26FN7O.HI/c1-24-20(26-13-16-4-3-11-29-16)25-10-2-5-18-17(12-22)19(23)28(27-18)15-8-6-14(21)7-9-15;/h6-9,16H,2-5,10-11,13,23H2,1H3,(H2,24,25,26);1H. The summed E-state index contributed by atoms with van der Waals surface area (Å²) in [6, 6.07) is 7.95. The van der Waals surface area contributed by atoms with Crippen LogP contribution in [0.3, 0.4) is 0 Å². The molecule has 2 aromatic rings. The van der Waals surface area contributed by atoms with E-state index in [2.05, 4.69) is 26.8 Å². The number of aryl methyl sites for hydroxylation is 1. The van der Waals surface area contributed by atoms with Gasteiger partial charge in [-0.3, -0.25) is 4.99 Å². The van der Waals surface area contributed by atoms with Crippen LogP contribution in [0.2, 0.25) is 0 Å². The van der Waals surface area contributed by atoms with Crippen molar-refractivity contribution in [3.05, 3.63) is 41.3 Å². The summed E-state index contributed by atoms with van der Waals surface area (Å²) < 4.78 is 20.2. The van der Waals surface area contributed by atoms with Crippen molar-refractivity contribution in [2.24, 2.45) is 4.99 Å². The second-order valence-corrected chi connectivity index (χ2v) is 6.83. The third-order valence-corrected chi connectivity index (χ3v) is 4.80. The monoisotopic (exact) mass is 527 g/mol. The second kappa shape index (κ2) is 11.7. The number of benzene rings is 1. The molecule has 1 aliphatic heterocycles. The lowest BCUT2D eigenvalue weighted by Gasteiger charge is -2.14. The lowest BCUT2D eigenvalue weighted by molar-refractivity contribution is 0.114. The fourth-order valence-electron chi connectivity index (χ4n) is 3.25. The van der Waals surface area contributed by atoms with Crippen molar-refractivity contribution in [1.29, 1.82) is 5.26 Å². The fourth-order valence-corrected chi connectivity index (χ4v) is 3.25. The van der Waals surface area contributed by atoms with Gasteiger partial charge in [0, 0.05) is 26.7 Å². The molecule has 1 saturated heterocycles. The molecule has 0 bridgehead atoms. The predicted molar refractivity (Wildman–Crippen MR) is 125 cm³/mol. The van der Waals surface area contributed by atoms with E-state index in [0.29, 0.717) is 29.9 Å². The predicted octanol–water partition coefficient (Wildman–Crippen LogP) is 2.36.